The fourth-order valence-electron chi connectivity index (χ4n) is 3.90. The lowest BCUT2D eigenvalue weighted by atomic mass is 10.3. The molecule has 0 aliphatic heterocycles. The molecule has 0 saturated heterocycles. The first-order chi connectivity index (χ1) is 16.7. The van der Waals surface area contributed by atoms with E-state index in [1.54, 1.807) is 9.80 Å². The van der Waals surface area contributed by atoms with E-state index in [-0.39, 0.29) is 0 Å². The first-order valence-electron chi connectivity index (χ1n) is 13.0. The number of hydrogen-bond donors (Lipinski definition) is 4. The first kappa shape index (κ1) is 36.7. The number of nitrogens with one attached hydrogen (secondary N) is 2. The van der Waals surface area contributed by atoms with E-state index in [1.807, 2.05) is 0 Å². The summed E-state index contributed by atoms with van der Waals surface area (Å²) in [5, 5.41) is 0. The van der Waals surface area contributed by atoms with Gasteiger partial charge in [0, 0.05) is 0 Å². The Balaban J connectivity index is 0. The maximum Gasteiger partial charge on any atom is 0.126 e. The van der Waals surface area contributed by atoms with Crippen LogP contribution >= 0.6 is 0 Å². The van der Waals surface area contributed by atoms with E-state index in [9.17, 15) is 25.9 Å². The average Bonchev–Trinajstić information content (AvgIpc) is 2.74. The van der Waals surface area contributed by atoms with Crippen molar-refractivity contribution < 1.29 is 35.7 Å². The molecule has 0 bridgehead atoms. The van der Waals surface area contributed by atoms with E-state index in [4.69, 9.17) is 11.5 Å². The van der Waals surface area contributed by atoms with Crippen molar-refractivity contribution in [2.75, 3.05) is 50.7 Å². The number of rotatable bonds is 14. The normalized spacial score (nSPS) is 11.6. The number of nitrogens with two attached hydrogens (primary N) is 2. The molecule has 0 aromatic heterocycles. The summed E-state index contributed by atoms with van der Waals surface area (Å²) < 4.78 is 64.0. The summed E-state index contributed by atoms with van der Waals surface area (Å²) in [5.74, 6) is 0. The fraction of sp³-hybridized carbons (Fsp3) is 0.750. The van der Waals surface area contributed by atoms with Crippen molar-refractivity contribution in [1.29, 1.82) is 0 Å². The Bertz CT molecular complexity index is 825. The highest BCUT2D eigenvalue weighted by molar-refractivity contribution is 7.86. The molecule has 36 heavy (non-hydrogen) atoms. The smallest absolute Gasteiger partial charge is 0.126 e. The predicted octanol–water partition coefficient (Wildman–Crippen LogP) is 0.862. The SMILES string of the molecule is CCC[NH+](CCC)CCC.CCC[NH+](CCC)CCC.Nc1cc(N)c(S(=O)(=O)[O-])cc1S(=O)(=O)[O-]. The summed E-state index contributed by atoms with van der Waals surface area (Å²) in [6, 6.07) is 1.09. The molecule has 214 valence electrons. The molecule has 10 nitrogen and oxygen atoms in total. The molecule has 0 radical (unpaired) electrons. The standard InChI is InChI=1S/2C9H21N.C6H8N2O6S2/c2*1-4-7-10(8-5-2)9-6-3;7-3-1-4(8)6(16(12,13)14)2-5(3)15(9,10)11/h2*4-9H2,1-3H3;1-2H,7-8H2,(H,9,10,11)(H,12,13,14). The van der Waals surface area contributed by atoms with E-state index in [2.05, 4.69) is 41.5 Å². The van der Waals surface area contributed by atoms with Crippen LogP contribution in [-0.4, -0.2) is 65.2 Å². The number of anilines is 2. The lowest BCUT2D eigenvalue weighted by molar-refractivity contribution is -0.900. The number of nitrogen functional groups attached to an aromatic ring is 2. The van der Waals surface area contributed by atoms with Crippen molar-refractivity contribution in [3.05, 3.63) is 12.1 Å². The lowest BCUT2D eigenvalue weighted by Crippen LogP contribution is -3.11. The van der Waals surface area contributed by atoms with Crippen LogP contribution in [0.3, 0.4) is 0 Å². The predicted molar refractivity (Wildman–Crippen MR) is 144 cm³/mol. The van der Waals surface area contributed by atoms with Gasteiger partial charge in [-0.05, 0) is 50.7 Å². The number of hydrogen-bond acceptors (Lipinski definition) is 8. The maximum absolute atomic E-state index is 10.7. The second-order valence-corrected chi connectivity index (χ2v) is 11.5. The van der Waals surface area contributed by atoms with Crippen LogP contribution in [0.25, 0.3) is 0 Å². The molecule has 1 aromatic carbocycles. The van der Waals surface area contributed by atoms with Crippen molar-refractivity contribution in [2.24, 2.45) is 0 Å². The number of quaternary nitrogens is 2. The highest BCUT2D eigenvalue weighted by Gasteiger charge is 2.14. The molecular formula is C24H50N4O6S2. The van der Waals surface area contributed by atoms with Gasteiger partial charge in [-0.3, -0.25) is 0 Å². The van der Waals surface area contributed by atoms with Crippen LogP contribution in [0.2, 0.25) is 0 Å². The highest BCUT2D eigenvalue weighted by atomic mass is 32.2. The van der Waals surface area contributed by atoms with Crippen LogP contribution < -0.4 is 21.3 Å². The van der Waals surface area contributed by atoms with Crippen LogP contribution in [0.4, 0.5) is 11.4 Å². The largest absolute Gasteiger partial charge is 0.744 e. The van der Waals surface area contributed by atoms with E-state index in [0.717, 1.165) is 6.07 Å². The Hall–Kier alpha value is -1.44. The fourth-order valence-corrected chi connectivity index (χ4v) is 5.19. The molecule has 0 aliphatic carbocycles. The van der Waals surface area contributed by atoms with Gasteiger partial charge in [-0.2, -0.15) is 0 Å². The monoisotopic (exact) mass is 554 g/mol. The van der Waals surface area contributed by atoms with Crippen molar-refractivity contribution in [1.82, 2.24) is 0 Å². The third kappa shape index (κ3) is 16.3. The molecule has 0 aliphatic rings. The van der Waals surface area contributed by atoms with Crippen LogP contribution in [0.1, 0.15) is 80.1 Å². The minimum atomic E-state index is -4.97. The van der Waals surface area contributed by atoms with Crippen molar-refractivity contribution >= 4 is 31.6 Å². The van der Waals surface area contributed by atoms with Crippen LogP contribution in [-0.2, 0) is 20.2 Å². The van der Waals surface area contributed by atoms with Crippen LogP contribution in [0.5, 0.6) is 0 Å². The molecule has 0 amide bonds. The zero-order valence-electron chi connectivity index (χ0n) is 23.1. The van der Waals surface area contributed by atoms with Gasteiger partial charge in [-0.25, -0.2) is 16.8 Å². The summed E-state index contributed by atoms with van der Waals surface area (Å²) in [7, 11) is -9.93. The van der Waals surface area contributed by atoms with Crippen LogP contribution in [0, 0.1) is 0 Å². The van der Waals surface area contributed by atoms with E-state index in [0.29, 0.717) is 6.07 Å². The van der Waals surface area contributed by atoms with E-state index >= 15 is 0 Å². The van der Waals surface area contributed by atoms with Gasteiger partial charge < -0.3 is 30.4 Å². The average molecular weight is 555 g/mol. The number of benzene rings is 1. The Morgan fingerprint density at radius 3 is 0.944 bits per heavy atom. The minimum absolute atomic E-state index is 0.356. The van der Waals surface area contributed by atoms with Crippen molar-refractivity contribution in [3.8, 4) is 0 Å². The Kier molecular flexibility index (Phi) is 20.0. The zero-order chi connectivity index (χ0) is 28.4. The van der Waals surface area contributed by atoms with Crippen LogP contribution in [0.15, 0.2) is 21.9 Å². The minimum Gasteiger partial charge on any atom is -0.744 e. The molecule has 6 N–H and O–H groups in total. The van der Waals surface area contributed by atoms with Gasteiger partial charge in [0.2, 0.25) is 0 Å². The first-order valence-corrected chi connectivity index (χ1v) is 15.8. The second-order valence-electron chi connectivity index (χ2n) is 8.84. The molecular weight excluding hydrogens is 504 g/mol. The third-order valence-electron chi connectivity index (χ3n) is 5.30. The summed E-state index contributed by atoms with van der Waals surface area (Å²) in [6.07, 6.45) is 7.97. The van der Waals surface area contributed by atoms with Gasteiger partial charge in [0.15, 0.2) is 0 Å². The van der Waals surface area contributed by atoms with Gasteiger partial charge in [0.25, 0.3) is 0 Å². The molecule has 0 heterocycles. The summed E-state index contributed by atoms with van der Waals surface area (Å²) in [4.78, 5) is 1.59. The van der Waals surface area contributed by atoms with Gasteiger partial charge in [-0.1, -0.05) is 41.5 Å². The molecule has 0 unspecified atom stereocenters. The highest BCUT2D eigenvalue weighted by Crippen LogP contribution is 2.27. The Morgan fingerprint density at radius 1 is 0.556 bits per heavy atom. The molecule has 12 heteroatoms. The summed E-state index contributed by atoms with van der Waals surface area (Å²) in [5.41, 5.74) is 9.30. The zero-order valence-corrected chi connectivity index (χ0v) is 24.7. The van der Waals surface area contributed by atoms with E-state index in [1.165, 1.54) is 77.8 Å². The topological polar surface area (TPSA) is 175 Å². The molecule has 0 spiro atoms. The van der Waals surface area contributed by atoms with E-state index < -0.39 is 41.4 Å². The molecule has 0 atom stereocenters. The molecule has 0 saturated carbocycles. The quantitative estimate of drug-likeness (QED) is 0.193. The second kappa shape index (κ2) is 19.6. The van der Waals surface area contributed by atoms with Crippen molar-refractivity contribution in [2.45, 2.75) is 89.9 Å². The molecule has 1 aromatic rings. The lowest BCUT2D eigenvalue weighted by Gasteiger charge is -2.16. The Labute approximate surface area is 219 Å². The maximum atomic E-state index is 10.7. The summed E-state index contributed by atoms with van der Waals surface area (Å²) >= 11 is 0. The third-order valence-corrected chi connectivity index (χ3v) is 7.09. The molecule has 1 rings (SSSR count). The molecule has 0 fully saturated rings. The van der Waals surface area contributed by atoms with Gasteiger partial charge in [-0.15, -0.1) is 0 Å². The van der Waals surface area contributed by atoms with Gasteiger partial charge >= 0.3 is 0 Å². The van der Waals surface area contributed by atoms with Crippen molar-refractivity contribution in [3.63, 3.8) is 0 Å². The summed E-state index contributed by atoms with van der Waals surface area (Å²) in [6.45, 7) is 21.8. The van der Waals surface area contributed by atoms with Gasteiger partial charge in [0.1, 0.15) is 20.2 Å². The van der Waals surface area contributed by atoms with Gasteiger partial charge in [0.05, 0.1) is 60.4 Å². The Morgan fingerprint density at radius 2 is 0.778 bits per heavy atom.